The fourth-order valence-corrected chi connectivity index (χ4v) is 3.41. The lowest BCUT2D eigenvalue weighted by Crippen LogP contribution is -2.63. The average molecular weight is 297 g/mol. The molecule has 1 aliphatic heterocycles. The Morgan fingerprint density at radius 2 is 1.90 bits per heavy atom. The summed E-state index contributed by atoms with van der Waals surface area (Å²) in [6.45, 7) is 8.60. The molecule has 1 spiro atoms. The number of ether oxygens (including phenoxy) is 2. The van der Waals surface area contributed by atoms with Gasteiger partial charge >= 0.3 is 12.1 Å². The lowest BCUT2D eigenvalue weighted by Gasteiger charge is -2.55. The summed E-state index contributed by atoms with van der Waals surface area (Å²) in [5.41, 5.74) is -0.669. The van der Waals surface area contributed by atoms with Crippen molar-refractivity contribution in [3.05, 3.63) is 0 Å². The van der Waals surface area contributed by atoms with Gasteiger partial charge in [0, 0.05) is 12.1 Å². The van der Waals surface area contributed by atoms with Crippen molar-refractivity contribution in [2.45, 2.75) is 70.9 Å². The molecule has 21 heavy (non-hydrogen) atoms. The lowest BCUT2D eigenvalue weighted by molar-refractivity contribution is -0.159. The fourth-order valence-electron chi connectivity index (χ4n) is 3.41. The van der Waals surface area contributed by atoms with Crippen LogP contribution in [0.25, 0.3) is 0 Å². The van der Waals surface area contributed by atoms with Gasteiger partial charge in [0.2, 0.25) is 0 Å². The Morgan fingerprint density at radius 3 is 2.48 bits per heavy atom. The number of piperidine rings is 1. The molecule has 1 saturated heterocycles. The number of amides is 1. The molecule has 5 nitrogen and oxygen atoms in total. The zero-order valence-corrected chi connectivity index (χ0v) is 13.6. The minimum atomic E-state index is -0.486. The van der Waals surface area contributed by atoms with E-state index in [-0.39, 0.29) is 23.5 Å². The Balaban J connectivity index is 2.01. The molecule has 0 bridgehead atoms. The molecule has 0 radical (unpaired) electrons. The highest BCUT2D eigenvalue weighted by molar-refractivity contribution is 5.76. The van der Waals surface area contributed by atoms with E-state index in [0.717, 1.165) is 25.8 Å². The summed E-state index contributed by atoms with van der Waals surface area (Å²) in [5.74, 6) is -0.189. The summed E-state index contributed by atoms with van der Waals surface area (Å²) in [5, 5.41) is 0. The summed E-state index contributed by atoms with van der Waals surface area (Å²) in [6, 6.07) is 0. The quantitative estimate of drug-likeness (QED) is 0.735. The Kier molecular flexibility index (Phi) is 4.49. The van der Waals surface area contributed by atoms with Crippen molar-refractivity contribution in [1.82, 2.24) is 4.90 Å². The Hall–Kier alpha value is -1.26. The highest BCUT2D eigenvalue weighted by Crippen LogP contribution is 2.49. The van der Waals surface area contributed by atoms with Gasteiger partial charge in [-0.3, -0.25) is 4.79 Å². The van der Waals surface area contributed by atoms with Gasteiger partial charge in [0.1, 0.15) is 5.60 Å². The van der Waals surface area contributed by atoms with E-state index in [9.17, 15) is 9.59 Å². The molecule has 0 aromatic carbocycles. The standard InChI is InChI=1S/C16H27NO4/c1-5-20-13(18)12-10-16(11-12)8-6-7-9-17(16)14(19)21-15(2,3)4/h12H,5-11H2,1-4H3. The number of rotatable bonds is 2. The topological polar surface area (TPSA) is 55.8 Å². The van der Waals surface area contributed by atoms with Crippen molar-refractivity contribution in [1.29, 1.82) is 0 Å². The van der Waals surface area contributed by atoms with E-state index in [2.05, 4.69) is 0 Å². The Morgan fingerprint density at radius 1 is 1.24 bits per heavy atom. The predicted molar refractivity (Wildman–Crippen MR) is 78.9 cm³/mol. The predicted octanol–water partition coefficient (Wildman–Crippen LogP) is 3.12. The maximum Gasteiger partial charge on any atom is 0.410 e. The van der Waals surface area contributed by atoms with Crippen LogP contribution in [0.4, 0.5) is 4.79 Å². The Labute approximate surface area is 127 Å². The van der Waals surface area contributed by atoms with Crippen LogP contribution in [-0.4, -0.2) is 41.3 Å². The zero-order valence-electron chi connectivity index (χ0n) is 13.6. The number of hydrogen-bond donors (Lipinski definition) is 0. The smallest absolute Gasteiger partial charge is 0.410 e. The monoisotopic (exact) mass is 297 g/mol. The Bertz CT molecular complexity index is 407. The number of carbonyl (C=O) groups is 2. The molecule has 120 valence electrons. The van der Waals surface area contributed by atoms with Crippen LogP contribution < -0.4 is 0 Å². The van der Waals surface area contributed by atoms with Crippen molar-refractivity contribution in [3.8, 4) is 0 Å². The van der Waals surface area contributed by atoms with Crippen molar-refractivity contribution in [2.75, 3.05) is 13.2 Å². The van der Waals surface area contributed by atoms with Gasteiger partial charge in [-0.1, -0.05) is 0 Å². The first-order valence-corrected chi connectivity index (χ1v) is 7.95. The van der Waals surface area contributed by atoms with E-state index in [4.69, 9.17) is 9.47 Å². The third-order valence-electron chi connectivity index (χ3n) is 4.33. The molecule has 0 aromatic rings. The third kappa shape index (κ3) is 3.50. The molecular formula is C16H27NO4. The average Bonchev–Trinajstić information content (AvgIpc) is 2.34. The van der Waals surface area contributed by atoms with E-state index >= 15 is 0 Å². The van der Waals surface area contributed by atoms with E-state index in [0.29, 0.717) is 19.4 Å². The third-order valence-corrected chi connectivity index (χ3v) is 4.33. The van der Waals surface area contributed by atoms with E-state index in [1.165, 1.54) is 0 Å². The lowest BCUT2D eigenvalue weighted by atomic mass is 9.63. The number of hydrogen-bond acceptors (Lipinski definition) is 4. The number of nitrogens with zero attached hydrogens (tertiary/aromatic N) is 1. The molecule has 0 unspecified atom stereocenters. The van der Waals surface area contributed by atoms with Crippen molar-refractivity contribution in [3.63, 3.8) is 0 Å². The molecule has 1 saturated carbocycles. The molecule has 2 aliphatic rings. The van der Waals surface area contributed by atoms with Gasteiger partial charge in [-0.25, -0.2) is 4.79 Å². The van der Waals surface area contributed by atoms with Crippen LogP contribution in [0.15, 0.2) is 0 Å². The number of esters is 1. The van der Waals surface area contributed by atoms with Gasteiger partial charge in [0.15, 0.2) is 0 Å². The van der Waals surface area contributed by atoms with E-state index in [1.54, 1.807) is 0 Å². The van der Waals surface area contributed by atoms with Crippen molar-refractivity contribution in [2.24, 2.45) is 5.92 Å². The van der Waals surface area contributed by atoms with Crippen LogP contribution >= 0.6 is 0 Å². The molecular weight excluding hydrogens is 270 g/mol. The van der Waals surface area contributed by atoms with E-state index in [1.807, 2.05) is 32.6 Å². The first-order valence-electron chi connectivity index (χ1n) is 7.95. The summed E-state index contributed by atoms with van der Waals surface area (Å²) in [6.07, 6.45) is 4.25. The maximum absolute atomic E-state index is 12.4. The fraction of sp³-hybridized carbons (Fsp3) is 0.875. The molecule has 5 heteroatoms. The number of likely N-dealkylation sites (tertiary alicyclic amines) is 1. The zero-order chi connectivity index (χ0) is 15.7. The summed E-state index contributed by atoms with van der Waals surface area (Å²) < 4.78 is 10.6. The van der Waals surface area contributed by atoms with Crippen LogP contribution in [-0.2, 0) is 14.3 Å². The van der Waals surface area contributed by atoms with Gasteiger partial charge in [-0.05, 0) is 59.8 Å². The van der Waals surface area contributed by atoms with Crippen molar-refractivity contribution >= 4 is 12.1 Å². The van der Waals surface area contributed by atoms with Gasteiger partial charge in [-0.2, -0.15) is 0 Å². The SMILES string of the molecule is CCOC(=O)C1CC2(CCCCN2C(=O)OC(C)(C)C)C1. The van der Waals surface area contributed by atoms with Crippen LogP contribution in [0.1, 0.15) is 59.8 Å². The van der Waals surface area contributed by atoms with Gasteiger partial charge < -0.3 is 14.4 Å². The molecule has 2 fully saturated rings. The molecule has 0 N–H and O–H groups in total. The highest BCUT2D eigenvalue weighted by Gasteiger charge is 2.54. The highest BCUT2D eigenvalue weighted by atomic mass is 16.6. The normalized spacial score (nSPS) is 29.0. The molecule has 1 amide bonds. The minimum Gasteiger partial charge on any atom is -0.466 e. The van der Waals surface area contributed by atoms with E-state index < -0.39 is 5.60 Å². The molecule has 2 rings (SSSR count). The maximum atomic E-state index is 12.4. The second-order valence-electron chi connectivity index (χ2n) is 7.17. The second-order valence-corrected chi connectivity index (χ2v) is 7.17. The van der Waals surface area contributed by atoms with Gasteiger partial charge in [0.25, 0.3) is 0 Å². The molecule has 0 aromatic heterocycles. The first kappa shape index (κ1) is 16.1. The summed E-state index contributed by atoms with van der Waals surface area (Å²) >= 11 is 0. The summed E-state index contributed by atoms with van der Waals surface area (Å²) in [4.78, 5) is 26.1. The molecule has 0 atom stereocenters. The molecule has 1 aliphatic carbocycles. The molecule has 1 heterocycles. The van der Waals surface area contributed by atoms with Crippen LogP contribution in [0.2, 0.25) is 0 Å². The summed E-state index contributed by atoms with van der Waals surface area (Å²) in [7, 11) is 0. The van der Waals surface area contributed by atoms with Crippen LogP contribution in [0, 0.1) is 5.92 Å². The van der Waals surface area contributed by atoms with Crippen LogP contribution in [0.5, 0.6) is 0 Å². The van der Waals surface area contributed by atoms with Crippen molar-refractivity contribution < 1.29 is 19.1 Å². The van der Waals surface area contributed by atoms with Gasteiger partial charge in [0.05, 0.1) is 12.5 Å². The number of carbonyl (C=O) groups excluding carboxylic acids is 2. The first-order chi connectivity index (χ1) is 9.77. The minimum absolute atomic E-state index is 0.0620. The van der Waals surface area contributed by atoms with Crippen LogP contribution in [0.3, 0.4) is 0 Å². The second kappa shape index (κ2) is 5.85. The van der Waals surface area contributed by atoms with Gasteiger partial charge in [-0.15, -0.1) is 0 Å². The largest absolute Gasteiger partial charge is 0.466 e.